The van der Waals surface area contributed by atoms with E-state index in [1.165, 1.54) is 12.4 Å². The molecule has 1 saturated carbocycles. The van der Waals surface area contributed by atoms with E-state index < -0.39 is 6.10 Å². The maximum absolute atomic E-state index is 12.6. The van der Waals surface area contributed by atoms with Crippen LogP contribution in [0.2, 0.25) is 0 Å². The number of nitrogens with zero attached hydrogens (tertiary/aromatic N) is 3. The smallest absolute Gasteiger partial charge is 0.257 e. The number of anilines is 1. The molecule has 1 aliphatic heterocycles. The Bertz CT molecular complexity index is 586. The Balaban J connectivity index is 1.59. The summed E-state index contributed by atoms with van der Waals surface area (Å²) in [6.07, 6.45) is 6.73. The lowest BCUT2D eigenvalue weighted by atomic mass is 10.2. The first-order valence-corrected chi connectivity index (χ1v) is 8.38. The number of amides is 2. The average molecular weight is 333 g/mol. The second kappa shape index (κ2) is 7.57. The molecule has 1 aromatic rings. The molecule has 0 spiro atoms. The molecule has 2 heterocycles. The molecule has 2 fully saturated rings. The first-order chi connectivity index (χ1) is 11.7. The zero-order valence-corrected chi connectivity index (χ0v) is 13.8. The van der Waals surface area contributed by atoms with Crippen molar-refractivity contribution in [1.82, 2.24) is 20.2 Å². The summed E-state index contributed by atoms with van der Waals surface area (Å²) in [6.45, 7) is 1.06. The molecule has 2 amide bonds. The van der Waals surface area contributed by atoms with Gasteiger partial charge in [0.05, 0.1) is 18.7 Å². The zero-order chi connectivity index (χ0) is 16.9. The number of carbonyl (C=O) groups excluding carboxylic acids is 2. The zero-order valence-electron chi connectivity index (χ0n) is 13.8. The van der Waals surface area contributed by atoms with Crippen LogP contribution in [0.1, 0.15) is 36.0 Å². The molecular formula is C16H23N5O3. The van der Waals surface area contributed by atoms with Gasteiger partial charge in [-0.3, -0.25) is 9.59 Å². The van der Waals surface area contributed by atoms with Crippen molar-refractivity contribution in [1.29, 1.82) is 0 Å². The number of aromatic nitrogens is 2. The summed E-state index contributed by atoms with van der Waals surface area (Å²) < 4.78 is 5.56. The van der Waals surface area contributed by atoms with Gasteiger partial charge < -0.3 is 20.3 Å². The van der Waals surface area contributed by atoms with Crippen LogP contribution in [-0.2, 0) is 9.53 Å². The van der Waals surface area contributed by atoms with E-state index in [4.69, 9.17) is 4.74 Å². The molecule has 8 heteroatoms. The first kappa shape index (κ1) is 16.6. The van der Waals surface area contributed by atoms with Crippen molar-refractivity contribution >= 4 is 17.8 Å². The third kappa shape index (κ3) is 3.81. The Kier molecular flexibility index (Phi) is 5.24. The van der Waals surface area contributed by atoms with Crippen LogP contribution in [0.4, 0.5) is 5.95 Å². The van der Waals surface area contributed by atoms with Crippen molar-refractivity contribution < 1.29 is 14.3 Å². The monoisotopic (exact) mass is 333 g/mol. The third-order valence-electron chi connectivity index (χ3n) is 4.47. The molecule has 1 saturated heterocycles. The summed E-state index contributed by atoms with van der Waals surface area (Å²) >= 11 is 0. The highest BCUT2D eigenvalue weighted by molar-refractivity contribution is 5.94. The predicted molar refractivity (Wildman–Crippen MR) is 87.6 cm³/mol. The van der Waals surface area contributed by atoms with Gasteiger partial charge in [0.15, 0.2) is 6.10 Å². The van der Waals surface area contributed by atoms with Gasteiger partial charge >= 0.3 is 0 Å². The fourth-order valence-electron chi connectivity index (χ4n) is 3.11. The Labute approximate surface area is 141 Å². The Hall–Kier alpha value is -2.22. The maximum atomic E-state index is 12.6. The summed E-state index contributed by atoms with van der Waals surface area (Å²) in [4.78, 5) is 34.6. The van der Waals surface area contributed by atoms with Crippen molar-refractivity contribution in [3.8, 4) is 0 Å². The number of nitrogens with one attached hydrogen (secondary N) is 2. The summed E-state index contributed by atoms with van der Waals surface area (Å²) in [5.41, 5.74) is 0.408. The first-order valence-electron chi connectivity index (χ1n) is 8.38. The topological polar surface area (TPSA) is 96.5 Å². The highest BCUT2D eigenvalue weighted by Crippen LogP contribution is 2.18. The minimum absolute atomic E-state index is 0.124. The van der Waals surface area contributed by atoms with Gasteiger partial charge in [-0.05, 0) is 12.8 Å². The molecule has 0 radical (unpaired) electrons. The van der Waals surface area contributed by atoms with Crippen LogP contribution in [0.3, 0.4) is 0 Å². The molecule has 2 aliphatic rings. The number of ether oxygens (including phenoxy) is 1. The summed E-state index contributed by atoms with van der Waals surface area (Å²) in [5.74, 6) is 0.156. The molecular weight excluding hydrogens is 310 g/mol. The van der Waals surface area contributed by atoms with Crippen LogP contribution in [0.15, 0.2) is 12.4 Å². The second-order valence-corrected chi connectivity index (χ2v) is 6.15. The highest BCUT2D eigenvalue weighted by atomic mass is 16.5. The molecule has 24 heavy (non-hydrogen) atoms. The van der Waals surface area contributed by atoms with E-state index in [2.05, 4.69) is 20.6 Å². The fraction of sp³-hybridized carbons (Fsp3) is 0.625. The van der Waals surface area contributed by atoms with Crippen molar-refractivity contribution in [3.63, 3.8) is 0 Å². The van der Waals surface area contributed by atoms with E-state index in [0.29, 0.717) is 24.7 Å². The van der Waals surface area contributed by atoms with Gasteiger partial charge in [-0.1, -0.05) is 12.8 Å². The lowest BCUT2D eigenvalue weighted by molar-refractivity contribution is -0.137. The van der Waals surface area contributed by atoms with Crippen molar-refractivity contribution in [3.05, 3.63) is 18.0 Å². The maximum Gasteiger partial charge on any atom is 0.257 e. The minimum Gasteiger partial charge on any atom is -0.365 e. The minimum atomic E-state index is -0.610. The van der Waals surface area contributed by atoms with Crippen LogP contribution in [-0.4, -0.2) is 65.6 Å². The number of morpholine rings is 1. The number of rotatable bonds is 4. The van der Waals surface area contributed by atoms with Gasteiger partial charge in [-0.25, -0.2) is 9.97 Å². The lowest BCUT2D eigenvalue weighted by Gasteiger charge is -2.32. The van der Waals surface area contributed by atoms with E-state index >= 15 is 0 Å². The van der Waals surface area contributed by atoms with E-state index in [1.54, 1.807) is 11.9 Å². The van der Waals surface area contributed by atoms with Crippen LogP contribution in [0.25, 0.3) is 0 Å². The SMILES string of the molecule is CNc1ncc(C(=O)N2CCO[C@@H](C(=O)NC3CCCC3)C2)cn1. The molecule has 2 N–H and O–H groups in total. The normalized spacial score (nSPS) is 21.5. The van der Waals surface area contributed by atoms with Crippen LogP contribution in [0, 0.1) is 0 Å². The average Bonchev–Trinajstić information content (AvgIpc) is 3.14. The van der Waals surface area contributed by atoms with Gasteiger partial charge in [-0.15, -0.1) is 0 Å². The van der Waals surface area contributed by atoms with Gasteiger partial charge in [-0.2, -0.15) is 0 Å². The van der Waals surface area contributed by atoms with Crippen LogP contribution >= 0.6 is 0 Å². The molecule has 1 aromatic heterocycles. The summed E-state index contributed by atoms with van der Waals surface area (Å²) in [5, 5.41) is 5.84. The lowest BCUT2D eigenvalue weighted by Crippen LogP contribution is -2.52. The number of hydrogen-bond acceptors (Lipinski definition) is 6. The summed E-state index contributed by atoms with van der Waals surface area (Å²) in [7, 11) is 1.71. The van der Waals surface area contributed by atoms with Crippen LogP contribution < -0.4 is 10.6 Å². The van der Waals surface area contributed by atoms with Gasteiger partial charge in [0.1, 0.15) is 0 Å². The number of hydrogen-bond donors (Lipinski definition) is 2. The van der Waals surface area contributed by atoms with Crippen molar-refractivity contribution in [2.75, 3.05) is 32.1 Å². The van der Waals surface area contributed by atoms with Gasteiger partial charge in [0.25, 0.3) is 11.8 Å². The summed E-state index contributed by atoms with van der Waals surface area (Å²) in [6, 6.07) is 0.245. The largest absolute Gasteiger partial charge is 0.365 e. The quantitative estimate of drug-likeness (QED) is 0.829. The van der Waals surface area contributed by atoms with Crippen molar-refractivity contribution in [2.24, 2.45) is 0 Å². The molecule has 8 nitrogen and oxygen atoms in total. The van der Waals surface area contributed by atoms with Crippen molar-refractivity contribution in [2.45, 2.75) is 37.8 Å². The third-order valence-corrected chi connectivity index (χ3v) is 4.47. The second-order valence-electron chi connectivity index (χ2n) is 6.15. The Morgan fingerprint density at radius 1 is 1.25 bits per heavy atom. The van der Waals surface area contributed by atoms with E-state index in [1.807, 2.05) is 0 Å². The number of carbonyl (C=O) groups is 2. The molecule has 0 aromatic carbocycles. The van der Waals surface area contributed by atoms with E-state index in [0.717, 1.165) is 25.7 Å². The predicted octanol–water partition coefficient (Wildman–Crippen LogP) is 0.418. The Morgan fingerprint density at radius 2 is 1.96 bits per heavy atom. The standard InChI is InChI=1S/C16H23N5O3/c1-17-16-18-8-11(9-19-16)15(23)21-6-7-24-13(10-21)14(22)20-12-4-2-3-5-12/h8-9,12-13H,2-7,10H2,1H3,(H,20,22)(H,17,18,19)/t13-/m1/s1. The van der Waals surface area contributed by atoms with Crippen LogP contribution in [0.5, 0.6) is 0 Å². The molecule has 130 valence electrons. The molecule has 3 rings (SSSR count). The van der Waals surface area contributed by atoms with Gasteiger partial charge in [0, 0.05) is 32.0 Å². The Morgan fingerprint density at radius 3 is 2.62 bits per heavy atom. The fourth-order valence-corrected chi connectivity index (χ4v) is 3.11. The van der Waals surface area contributed by atoms with Gasteiger partial charge in [0.2, 0.25) is 5.95 Å². The molecule has 1 atom stereocenters. The van der Waals surface area contributed by atoms with E-state index in [9.17, 15) is 9.59 Å². The van der Waals surface area contributed by atoms with E-state index in [-0.39, 0.29) is 24.4 Å². The molecule has 0 unspecified atom stereocenters. The molecule has 0 bridgehead atoms. The highest BCUT2D eigenvalue weighted by Gasteiger charge is 2.31. The molecule has 1 aliphatic carbocycles.